The van der Waals surface area contributed by atoms with E-state index in [1.54, 1.807) is 62.6 Å². The molecular weight excluding hydrogens is 462 g/mol. The van der Waals surface area contributed by atoms with Crippen LogP contribution in [-0.4, -0.2) is 42.0 Å². The summed E-state index contributed by atoms with van der Waals surface area (Å²) in [6.07, 6.45) is 1.56. The quantitative estimate of drug-likeness (QED) is 0.392. The van der Waals surface area contributed by atoms with Crippen LogP contribution >= 0.6 is 0 Å². The number of fused-ring (bicyclic) bond motifs is 1. The summed E-state index contributed by atoms with van der Waals surface area (Å²) in [6, 6.07) is 15.6. The number of nitrogens with zero attached hydrogens (tertiary/aromatic N) is 3. The van der Waals surface area contributed by atoms with Crippen LogP contribution in [-0.2, 0) is 4.79 Å². The molecule has 2 N–H and O–H groups in total. The minimum atomic E-state index is -0.683. The van der Waals surface area contributed by atoms with E-state index in [-0.39, 0.29) is 5.91 Å². The number of furan rings is 1. The maximum atomic E-state index is 13.8. The Morgan fingerprint density at radius 3 is 2.50 bits per heavy atom. The van der Waals surface area contributed by atoms with Crippen molar-refractivity contribution >= 4 is 17.5 Å². The summed E-state index contributed by atoms with van der Waals surface area (Å²) in [5.74, 6) is 2.58. The van der Waals surface area contributed by atoms with Gasteiger partial charge in [-0.1, -0.05) is 24.3 Å². The molecule has 10 nitrogen and oxygen atoms in total. The van der Waals surface area contributed by atoms with Crippen molar-refractivity contribution in [2.75, 3.05) is 32.0 Å². The normalized spacial score (nSPS) is 14.6. The number of ether oxygens (including phenoxy) is 3. The number of anilines is 2. The van der Waals surface area contributed by atoms with Gasteiger partial charge in [-0.05, 0) is 37.3 Å². The van der Waals surface area contributed by atoms with Gasteiger partial charge in [-0.25, -0.2) is 4.68 Å². The third kappa shape index (κ3) is 3.92. The lowest BCUT2D eigenvalue weighted by molar-refractivity contribution is -0.113. The molecule has 0 radical (unpaired) electrons. The SMILES string of the molecule is COc1ccccc1NC(=O)C1=C(C)Nc2nc(-c3ccco3)nn2[C@H]1c1cccc(OC)c1OC. The molecule has 10 heteroatoms. The molecule has 1 aliphatic heterocycles. The first-order chi connectivity index (χ1) is 17.5. The molecule has 0 bridgehead atoms. The van der Waals surface area contributed by atoms with Gasteiger partial charge >= 0.3 is 0 Å². The second-order valence-electron chi connectivity index (χ2n) is 7.98. The molecule has 0 saturated carbocycles. The molecule has 4 aromatic rings. The Hall–Kier alpha value is -4.73. The molecule has 184 valence electrons. The number of allylic oxidation sites excluding steroid dienone is 1. The van der Waals surface area contributed by atoms with E-state index in [4.69, 9.17) is 23.7 Å². The summed E-state index contributed by atoms with van der Waals surface area (Å²) in [5, 5.41) is 10.9. The van der Waals surface area contributed by atoms with Crippen LogP contribution in [0.4, 0.5) is 11.6 Å². The Morgan fingerprint density at radius 2 is 1.78 bits per heavy atom. The number of hydrogen-bond donors (Lipinski definition) is 2. The maximum Gasteiger partial charge on any atom is 0.255 e. The smallest absolute Gasteiger partial charge is 0.255 e. The number of aromatic nitrogens is 3. The molecule has 1 amide bonds. The summed E-state index contributed by atoms with van der Waals surface area (Å²) in [4.78, 5) is 18.4. The first-order valence-electron chi connectivity index (χ1n) is 11.2. The monoisotopic (exact) mass is 487 g/mol. The lowest BCUT2D eigenvalue weighted by Gasteiger charge is -2.30. The average Bonchev–Trinajstić information content (AvgIpc) is 3.57. The summed E-state index contributed by atoms with van der Waals surface area (Å²) >= 11 is 0. The zero-order valence-corrected chi connectivity index (χ0v) is 20.2. The van der Waals surface area contributed by atoms with Gasteiger partial charge in [-0.3, -0.25) is 4.79 Å². The van der Waals surface area contributed by atoms with E-state index in [0.717, 1.165) is 0 Å². The molecule has 0 unspecified atom stereocenters. The number of carbonyl (C=O) groups excluding carboxylic acids is 1. The molecule has 2 aromatic heterocycles. The highest BCUT2D eigenvalue weighted by Gasteiger charge is 2.37. The summed E-state index contributed by atoms with van der Waals surface area (Å²) in [6.45, 7) is 1.82. The van der Waals surface area contributed by atoms with Crippen molar-refractivity contribution in [1.82, 2.24) is 14.8 Å². The number of methoxy groups -OCH3 is 3. The molecule has 0 saturated heterocycles. The van der Waals surface area contributed by atoms with Crippen LogP contribution in [0.2, 0.25) is 0 Å². The van der Waals surface area contributed by atoms with Crippen molar-refractivity contribution in [3.05, 3.63) is 77.7 Å². The zero-order chi connectivity index (χ0) is 25.2. The highest BCUT2D eigenvalue weighted by Crippen LogP contribution is 2.43. The van der Waals surface area contributed by atoms with Crippen LogP contribution in [0.15, 0.2) is 76.5 Å². The molecule has 1 atom stereocenters. The third-order valence-corrected chi connectivity index (χ3v) is 5.92. The van der Waals surface area contributed by atoms with E-state index in [9.17, 15) is 4.79 Å². The van der Waals surface area contributed by atoms with Gasteiger partial charge < -0.3 is 29.3 Å². The topological polar surface area (TPSA) is 113 Å². The van der Waals surface area contributed by atoms with Gasteiger partial charge in [0.15, 0.2) is 17.3 Å². The number of carbonyl (C=O) groups is 1. The summed E-state index contributed by atoms with van der Waals surface area (Å²) in [5.41, 5.74) is 2.27. The average molecular weight is 488 g/mol. The van der Waals surface area contributed by atoms with Crippen LogP contribution in [0.1, 0.15) is 18.5 Å². The highest BCUT2D eigenvalue weighted by molar-refractivity contribution is 6.06. The molecule has 0 spiro atoms. The van der Waals surface area contributed by atoms with E-state index in [1.807, 2.05) is 31.2 Å². The number of benzene rings is 2. The number of para-hydroxylation sites is 3. The number of nitrogens with one attached hydrogen (secondary N) is 2. The van der Waals surface area contributed by atoms with Crippen LogP contribution in [0.25, 0.3) is 11.6 Å². The molecule has 3 heterocycles. The van der Waals surface area contributed by atoms with Crippen LogP contribution < -0.4 is 24.8 Å². The summed E-state index contributed by atoms with van der Waals surface area (Å²) < 4.78 is 23.8. The van der Waals surface area contributed by atoms with E-state index >= 15 is 0 Å². The van der Waals surface area contributed by atoms with Crippen molar-refractivity contribution in [2.45, 2.75) is 13.0 Å². The van der Waals surface area contributed by atoms with Crippen molar-refractivity contribution in [2.24, 2.45) is 0 Å². The van der Waals surface area contributed by atoms with Gasteiger partial charge in [0.1, 0.15) is 11.8 Å². The summed E-state index contributed by atoms with van der Waals surface area (Å²) in [7, 11) is 4.68. The standard InChI is InChI=1S/C26H25N5O5/c1-15-21(25(32)28-17-10-5-6-11-18(17)33-2)22(16-9-7-12-19(34-3)23(16)35-4)31-26(27-15)29-24(30-31)20-13-8-14-36-20/h5-14,22H,1-4H3,(H,28,32)(H,27,29,30)/t22-/m0/s1. The fourth-order valence-corrected chi connectivity index (χ4v) is 4.31. The number of hydrogen-bond acceptors (Lipinski definition) is 8. The molecule has 1 aliphatic rings. The molecular formula is C26H25N5O5. The fraction of sp³-hybridized carbons (Fsp3) is 0.192. The van der Waals surface area contributed by atoms with E-state index in [2.05, 4.69) is 15.6 Å². The van der Waals surface area contributed by atoms with Gasteiger partial charge in [0.25, 0.3) is 5.91 Å². The van der Waals surface area contributed by atoms with Gasteiger partial charge in [0.05, 0.1) is 38.9 Å². The van der Waals surface area contributed by atoms with Crippen molar-refractivity contribution in [3.63, 3.8) is 0 Å². The molecule has 36 heavy (non-hydrogen) atoms. The third-order valence-electron chi connectivity index (χ3n) is 5.92. The first kappa shape index (κ1) is 23.0. The fourth-order valence-electron chi connectivity index (χ4n) is 4.31. The highest BCUT2D eigenvalue weighted by atomic mass is 16.5. The van der Waals surface area contributed by atoms with E-state index in [1.165, 1.54) is 0 Å². The molecule has 2 aromatic carbocycles. The second kappa shape index (κ2) is 9.49. The molecule has 0 fully saturated rings. The lowest BCUT2D eigenvalue weighted by Crippen LogP contribution is -2.32. The Bertz CT molecular complexity index is 1440. The van der Waals surface area contributed by atoms with Gasteiger partial charge in [-0.2, -0.15) is 4.98 Å². The largest absolute Gasteiger partial charge is 0.495 e. The van der Waals surface area contributed by atoms with Crippen LogP contribution in [0.3, 0.4) is 0 Å². The Kier molecular flexibility index (Phi) is 6.07. The Labute approximate surface area is 207 Å². The maximum absolute atomic E-state index is 13.8. The van der Waals surface area contributed by atoms with Crippen molar-refractivity contribution in [3.8, 4) is 28.8 Å². The number of rotatable bonds is 7. The predicted molar refractivity (Wildman–Crippen MR) is 133 cm³/mol. The number of amides is 1. The van der Waals surface area contributed by atoms with E-state index < -0.39 is 6.04 Å². The minimum absolute atomic E-state index is 0.333. The predicted octanol–water partition coefficient (Wildman–Crippen LogP) is 4.49. The van der Waals surface area contributed by atoms with E-state index in [0.29, 0.717) is 57.3 Å². The van der Waals surface area contributed by atoms with Gasteiger partial charge in [-0.15, -0.1) is 5.10 Å². The first-order valence-corrected chi connectivity index (χ1v) is 11.2. The van der Waals surface area contributed by atoms with Crippen molar-refractivity contribution < 1.29 is 23.4 Å². The van der Waals surface area contributed by atoms with Gasteiger partial charge in [0, 0.05) is 11.3 Å². The minimum Gasteiger partial charge on any atom is -0.495 e. The Morgan fingerprint density at radius 1 is 1.00 bits per heavy atom. The van der Waals surface area contributed by atoms with Crippen LogP contribution in [0, 0.1) is 0 Å². The molecule has 5 rings (SSSR count). The van der Waals surface area contributed by atoms with Crippen LogP contribution in [0.5, 0.6) is 17.2 Å². The Balaban J connectivity index is 1.66. The zero-order valence-electron chi connectivity index (χ0n) is 20.2. The van der Waals surface area contributed by atoms with Crippen molar-refractivity contribution in [1.29, 1.82) is 0 Å². The van der Waals surface area contributed by atoms with Gasteiger partial charge in [0.2, 0.25) is 11.8 Å². The molecule has 0 aliphatic carbocycles. The second-order valence-corrected chi connectivity index (χ2v) is 7.98. The lowest BCUT2D eigenvalue weighted by atomic mass is 9.94.